The van der Waals surface area contributed by atoms with Gasteiger partial charge in [-0.1, -0.05) is 12.1 Å². The number of carbonyl (C=O) groups excluding carboxylic acids is 2. The van der Waals surface area contributed by atoms with Crippen molar-refractivity contribution in [1.82, 2.24) is 0 Å². The molecule has 1 amide bonds. The Kier molecular flexibility index (Phi) is 3.10. The first-order chi connectivity index (χ1) is 11.4. The summed E-state index contributed by atoms with van der Waals surface area (Å²) in [6, 6.07) is 7.70. The molecule has 0 fully saturated rings. The smallest absolute Gasteiger partial charge is 0.286 e. The highest BCUT2D eigenvalue weighted by molar-refractivity contribution is 7.90. The van der Waals surface area contributed by atoms with Crippen molar-refractivity contribution in [3.05, 3.63) is 40.6 Å². The molecule has 4 rings (SSSR count). The Hall–Kier alpha value is -2.56. The molecule has 2 aliphatic heterocycles. The van der Waals surface area contributed by atoms with E-state index in [1.807, 2.05) is 0 Å². The van der Waals surface area contributed by atoms with Gasteiger partial charge in [-0.2, -0.15) is 8.42 Å². The molecule has 122 valence electrons. The second-order valence-electron chi connectivity index (χ2n) is 5.21. The predicted molar refractivity (Wildman–Crippen MR) is 88.5 cm³/mol. The van der Waals surface area contributed by atoms with E-state index in [-0.39, 0.29) is 16.4 Å². The minimum atomic E-state index is -4.00. The van der Waals surface area contributed by atoms with Crippen LogP contribution >= 0.6 is 11.3 Å². The maximum Gasteiger partial charge on any atom is 0.286 e. The number of thiophene rings is 1. The lowest BCUT2D eigenvalue weighted by Gasteiger charge is -2.29. The molecule has 3 N–H and O–H groups in total. The molecule has 0 saturated carbocycles. The summed E-state index contributed by atoms with van der Waals surface area (Å²) in [6.45, 7) is 0. The Morgan fingerprint density at radius 1 is 1.21 bits per heavy atom. The molecule has 1 aromatic heterocycles. The second-order valence-corrected chi connectivity index (χ2v) is 7.70. The van der Waals surface area contributed by atoms with Gasteiger partial charge in [0.2, 0.25) is 0 Å². The number of amides is 1. The van der Waals surface area contributed by atoms with Crippen LogP contribution in [-0.4, -0.2) is 25.9 Å². The zero-order valence-electron chi connectivity index (χ0n) is 12.0. The Bertz CT molecular complexity index is 1020. The number of hydrazine groups is 1. The van der Waals surface area contributed by atoms with Gasteiger partial charge in [-0.3, -0.25) is 9.59 Å². The molecular formula is C14H10N4O4S2. The number of nitrogens with one attached hydrogen (secondary N) is 1. The third-order valence-electron chi connectivity index (χ3n) is 3.79. The largest absolute Gasteiger partial charge is 0.341 e. The maximum atomic E-state index is 12.6. The van der Waals surface area contributed by atoms with Crippen molar-refractivity contribution < 1.29 is 18.0 Å². The van der Waals surface area contributed by atoms with Gasteiger partial charge in [0.1, 0.15) is 10.7 Å². The summed E-state index contributed by atoms with van der Waals surface area (Å²) < 4.78 is 28.3. The van der Waals surface area contributed by atoms with Crippen LogP contribution in [0.1, 0.15) is 9.67 Å². The van der Waals surface area contributed by atoms with Crippen LogP contribution in [0, 0.1) is 5.92 Å². The Balaban J connectivity index is 1.85. The minimum absolute atomic E-state index is 0.00845. The second kappa shape index (κ2) is 4.97. The van der Waals surface area contributed by atoms with Gasteiger partial charge in [0, 0.05) is 0 Å². The SMILES string of the molecule is NN1C(=O)C(C2=NS(=O)(=O)c3ccccc3N2)C(=O)c2sccc21. The van der Waals surface area contributed by atoms with Crippen molar-refractivity contribution in [2.24, 2.45) is 16.2 Å². The van der Waals surface area contributed by atoms with Crippen molar-refractivity contribution in [2.45, 2.75) is 4.90 Å². The number of Topliss-reactive ketones (excluding diaryl/α,β-unsaturated/α-hetero) is 1. The number of fused-ring (bicyclic) bond motifs is 2. The van der Waals surface area contributed by atoms with Crippen LogP contribution in [-0.2, 0) is 14.8 Å². The van der Waals surface area contributed by atoms with Crippen molar-refractivity contribution in [3.63, 3.8) is 0 Å². The normalized spacial score (nSPS) is 21.6. The van der Waals surface area contributed by atoms with Gasteiger partial charge in [0.15, 0.2) is 11.7 Å². The van der Waals surface area contributed by atoms with Gasteiger partial charge in [0.25, 0.3) is 15.9 Å². The molecule has 3 heterocycles. The van der Waals surface area contributed by atoms with Crippen molar-refractivity contribution >= 4 is 50.3 Å². The zero-order valence-corrected chi connectivity index (χ0v) is 13.6. The van der Waals surface area contributed by atoms with E-state index in [4.69, 9.17) is 5.84 Å². The monoisotopic (exact) mass is 362 g/mol. The van der Waals surface area contributed by atoms with Gasteiger partial charge in [-0.25, -0.2) is 10.9 Å². The summed E-state index contributed by atoms with van der Waals surface area (Å²) in [7, 11) is -4.00. The first kappa shape index (κ1) is 15.0. The molecule has 0 radical (unpaired) electrons. The Morgan fingerprint density at radius 3 is 2.75 bits per heavy atom. The van der Waals surface area contributed by atoms with Crippen LogP contribution in [0.25, 0.3) is 0 Å². The predicted octanol–water partition coefficient (Wildman–Crippen LogP) is 0.980. The van der Waals surface area contributed by atoms with Crippen LogP contribution in [0.4, 0.5) is 11.4 Å². The first-order valence-corrected chi connectivity index (χ1v) is 9.13. The number of amidine groups is 1. The van der Waals surface area contributed by atoms with Gasteiger partial charge in [0.05, 0.1) is 16.3 Å². The van der Waals surface area contributed by atoms with Crippen molar-refractivity contribution in [3.8, 4) is 0 Å². The summed E-state index contributed by atoms with van der Waals surface area (Å²) in [5.41, 5.74) is 0.578. The molecule has 1 aromatic carbocycles. The number of rotatable bonds is 1. The number of hydrogen-bond acceptors (Lipinski definition) is 7. The fourth-order valence-electron chi connectivity index (χ4n) is 2.68. The van der Waals surface area contributed by atoms with Crippen LogP contribution in [0.3, 0.4) is 0 Å². The van der Waals surface area contributed by atoms with E-state index in [1.54, 1.807) is 23.6 Å². The molecule has 2 aliphatic rings. The van der Waals surface area contributed by atoms with Crippen molar-refractivity contribution in [1.29, 1.82) is 0 Å². The summed E-state index contributed by atoms with van der Waals surface area (Å²) in [5.74, 6) is 2.86. The third-order valence-corrected chi connectivity index (χ3v) is 6.06. The first-order valence-electron chi connectivity index (χ1n) is 6.81. The molecule has 1 unspecified atom stereocenters. The van der Waals surface area contributed by atoms with Crippen LogP contribution < -0.4 is 16.2 Å². The lowest BCUT2D eigenvalue weighted by molar-refractivity contribution is -0.119. The number of nitrogens with two attached hydrogens (primary N) is 1. The van der Waals surface area contributed by atoms with E-state index in [9.17, 15) is 18.0 Å². The Labute approximate surface area is 140 Å². The van der Waals surface area contributed by atoms with Gasteiger partial charge in [-0.05, 0) is 23.6 Å². The number of anilines is 2. The molecule has 0 saturated heterocycles. The summed E-state index contributed by atoms with van der Waals surface area (Å²) >= 11 is 1.14. The number of hydrogen-bond donors (Lipinski definition) is 2. The number of nitrogens with zero attached hydrogens (tertiary/aromatic N) is 2. The lowest BCUT2D eigenvalue weighted by Crippen LogP contribution is -2.52. The summed E-state index contributed by atoms with van der Waals surface area (Å²) in [5, 5.41) is 5.27. The minimum Gasteiger partial charge on any atom is -0.341 e. The zero-order chi connectivity index (χ0) is 17.1. The number of benzene rings is 1. The van der Waals surface area contributed by atoms with E-state index >= 15 is 0 Å². The van der Waals surface area contributed by atoms with Gasteiger partial charge in [-0.15, -0.1) is 15.7 Å². The van der Waals surface area contributed by atoms with Crippen LogP contribution in [0.5, 0.6) is 0 Å². The third kappa shape index (κ3) is 2.00. The fraction of sp³-hybridized carbons (Fsp3) is 0.0714. The van der Waals surface area contributed by atoms with Crippen molar-refractivity contribution in [2.75, 3.05) is 10.3 Å². The highest BCUT2D eigenvalue weighted by Crippen LogP contribution is 2.35. The van der Waals surface area contributed by atoms with E-state index in [2.05, 4.69) is 9.71 Å². The Morgan fingerprint density at radius 2 is 1.96 bits per heavy atom. The van der Waals surface area contributed by atoms with Gasteiger partial charge >= 0.3 is 0 Å². The molecule has 0 bridgehead atoms. The summed E-state index contributed by atoms with van der Waals surface area (Å²) in [6.07, 6.45) is 0. The molecule has 1 atom stereocenters. The lowest BCUT2D eigenvalue weighted by atomic mass is 9.95. The van der Waals surface area contributed by atoms with Gasteiger partial charge < -0.3 is 5.32 Å². The van der Waals surface area contributed by atoms with E-state index in [0.717, 1.165) is 16.3 Å². The molecule has 2 aromatic rings. The molecular weight excluding hydrogens is 352 g/mol. The molecule has 0 aliphatic carbocycles. The number of ketones is 1. The van der Waals surface area contributed by atoms with Crippen LogP contribution in [0.15, 0.2) is 45.0 Å². The number of para-hydroxylation sites is 1. The molecule has 8 nitrogen and oxygen atoms in total. The quantitative estimate of drug-likeness (QED) is 0.443. The number of sulfonamides is 1. The average molecular weight is 362 g/mol. The molecule has 24 heavy (non-hydrogen) atoms. The van der Waals surface area contributed by atoms with E-state index in [0.29, 0.717) is 10.6 Å². The van der Waals surface area contributed by atoms with E-state index < -0.39 is 27.6 Å². The van der Waals surface area contributed by atoms with E-state index in [1.165, 1.54) is 12.1 Å². The fourth-order valence-corrected chi connectivity index (χ4v) is 4.69. The average Bonchev–Trinajstić information content (AvgIpc) is 3.02. The standard InChI is InChI=1S/C14H10N4O4S2/c15-18-8-5-6-23-12(8)11(19)10(14(18)20)13-16-7-3-1-2-4-9(7)24(21,22)17-13/h1-6,10H,15H2,(H,16,17). The van der Waals surface area contributed by atoms with Crippen LogP contribution in [0.2, 0.25) is 0 Å². The molecule has 10 heteroatoms. The highest BCUT2D eigenvalue weighted by atomic mass is 32.2. The molecule has 0 spiro atoms. The number of carbonyl (C=O) groups is 2. The summed E-state index contributed by atoms with van der Waals surface area (Å²) in [4.78, 5) is 25.4. The maximum absolute atomic E-state index is 12.6. The highest BCUT2D eigenvalue weighted by Gasteiger charge is 2.44. The topological polar surface area (TPSA) is 122 Å².